The average molecular weight is 266 g/mol. The largest absolute Gasteiger partial charge is 0.320 e. The van der Waals surface area contributed by atoms with Gasteiger partial charge in [-0.2, -0.15) is 9.83 Å². The Morgan fingerprint density at radius 3 is 2.55 bits per heavy atom. The molecule has 4 heteroatoms. The molecule has 0 aliphatic heterocycles. The second-order valence-corrected chi connectivity index (χ2v) is 4.60. The lowest BCUT2D eigenvalue weighted by atomic mass is 10.2. The molecule has 1 aromatic carbocycles. The van der Waals surface area contributed by atoms with Crippen molar-refractivity contribution in [2.75, 3.05) is 5.32 Å². The molecule has 0 aliphatic rings. The van der Waals surface area contributed by atoms with E-state index in [0.29, 0.717) is 11.3 Å². The number of aryl methyl sites for hydroxylation is 1. The number of anilines is 1. The Morgan fingerprint density at radius 1 is 1.25 bits per heavy atom. The highest BCUT2D eigenvalue weighted by molar-refractivity contribution is 5.92. The topological polar surface area (TPSA) is 56.8 Å². The van der Waals surface area contributed by atoms with Crippen LogP contribution in [0.1, 0.15) is 24.2 Å². The first kappa shape index (κ1) is 13.8. The smallest absolute Gasteiger partial charge is 0.293 e. The van der Waals surface area contributed by atoms with Crippen LogP contribution < -0.4 is 9.88 Å². The fraction of sp³-hybridized carbons (Fsp3) is 0.188. The molecule has 0 radical (unpaired) electrons. The van der Waals surface area contributed by atoms with E-state index >= 15 is 0 Å². The predicted octanol–water partition coefficient (Wildman–Crippen LogP) is 2.35. The fourth-order valence-electron chi connectivity index (χ4n) is 1.98. The Hall–Kier alpha value is -2.67. The van der Waals surface area contributed by atoms with Gasteiger partial charge in [-0.1, -0.05) is 6.07 Å². The summed E-state index contributed by atoms with van der Waals surface area (Å²) in [5.74, 6) is -0.0889. The van der Waals surface area contributed by atoms with E-state index in [-0.39, 0.29) is 11.9 Å². The minimum absolute atomic E-state index is 0.0889. The van der Waals surface area contributed by atoms with Gasteiger partial charge < -0.3 is 5.32 Å². The number of nitrogens with zero attached hydrogens (tertiary/aromatic N) is 2. The lowest BCUT2D eigenvalue weighted by Gasteiger charge is -2.10. The lowest BCUT2D eigenvalue weighted by molar-refractivity contribution is -0.711. The molecule has 1 N–H and O–H groups in total. The quantitative estimate of drug-likeness (QED) is 0.867. The molecule has 0 fully saturated rings. The first-order valence-corrected chi connectivity index (χ1v) is 6.39. The van der Waals surface area contributed by atoms with Gasteiger partial charge in [-0.15, -0.1) is 0 Å². The van der Waals surface area contributed by atoms with Gasteiger partial charge in [-0.25, -0.2) is 0 Å². The zero-order valence-corrected chi connectivity index (χ0v) is 11.5. The van der Waals surface area contributed by atoms with Crippen LogP contribution in [0, 0.1) is 18.3 Å². The van der Waals surface area contributed by atoms with Crippen molar-refractivity contribution in [1.29, 1.82) is 5.26 Å². The number of hydrogen-bond donors (Lipinski definition) is 1. The zero-order valence-electron chi connectivity index (χ0n) is 11.5. The van der Waals surface area contributed by atoms with Gasteiger partial charge >= 0.3 is 0 Å². The van der Waals surface area contributed by atoms with E-state index < -0.39 is 0 Å². The molecular weight excluding hydrogens is 250 g/mol. The third-order valence-electron chi connectivity index (χ3n) is 3.18. The highest BCUT2D eigenvalue weighted by Gasteiger charge is 2.23. The maximum Gasteiger partial charge on any atom is 0.293 e. The monoisotopic (exact) mass is 266 g/mol. The Labute approximate surface area is 118 Å². The average Bonchev–Trinajstić information content (AvgIpc) is 2.48. The van der Waals surface area contributed by atoms with Crippen LogP contribution >= 0.6 is 0 Å². The summed E-state index contributed by atoms with van der Waals surface area (Å²) in [4.78, 5) is 12.2. The summed E-state index contributed by atoms with van der Waals surface area (Å²) < 4.78 is 1.92. The number of amides is 1. The summed E-state index contributed by atoms with van der Waals surface area (Å²) >= 11 is 0. The van der Waals surface area contributed by atoms with E-state index in [1.807, 2.05) is 48.9 Å². The Kier molecular flexibility index (Phi) is 4.11. The van der Waals surface area contributed by atoms with Crippen molar-refractivity contribution in [2.45, 2.75) is 19.9 Å². The van der Waals surface area contributed by atoms with Gasteiger partial charge in [0.15, 0.2) is 11.9 Å². The first-order valence-electron chi connectivity index (χ1n) is 6.39. The summed E-state index contributed by atoms with van der Waals surface area (Å²) in [7, 11) is 0. The van der Waals surface area contributed by atoms with Gasteiger partial charge in [-0.3, -0.25) is 4.79 Å². The van der Waals surface area contributed by atoms with Crippen LogP contribution in [-0.2, 0) is 4.79 Å². The molecular formula is C16H16N3O+. The number of pyridine rings is 1. The number of carbonyl (C=O) groups is 1. The van der Waals surface area contributed by atoms with Crippen LogP contribution in [0.25, 0.3) is 0 Å². The third-order valence-corrected chi connectivity index (χ3v) is 3.18. The first-order chi connectivity index (χ1) is 9.61. The molecule has 0 bridgehead atoms. The van der Waals surface area contributed by atoms with Crippen molar-refractivity contribution in [3.63, 3.8) is 0 Å². The summed E-state index contributed by atoms with van der Waals surface area (Å²) in [6.45, 7) is 3.82. The number of benzene rings is 1. The highest BCUT2D eigenvalue weighted by Crippen LogP contribution is 2.10. The Balaban J connectivity index is 2.12. The second-order valence-electron chi connectivity index (χ2n) is 4.60. The van der Waals surface area contributed by atoms with Crippen molar-refractivity contribution in [3.05, 3.63) is 59.9 Å². The minimum Gasteiger partial charge on any atom is -0.320 e. The summed E-state index contributed by atoms with van der Waals surface area (Å²) in [5, 5.41) is 11.6. The van der Waals surface area contributed by atoms with Crippen molar-refractivity contribution in [2.24, 2.45) is 0 Å². The molecule has 0 saturated carbocycles. The van der Waals surface area contributed by atoms with Crippen molar-refractivity contribution in [3.8, 4) is 6.07 Å². The van der Waals surface area contributed by atoms with Crippen molar-refractivity contribution in [1.82, 2.24) is 0 Å². The Morgan fingerprint density at radius 2 is 1.95 bits per heavy atom. The van der Waals surface area contributed by atoms with Crippen LogP contribution in [0.2, 0.25) is 0 Å². The van der Waals surface area contributed by atoms with E-state index in [0.717, 1.165) is 5.69 Å². The van der Waals surface area contributed by atoms with Gasteiger partial charge in [0.1, 0.15) is 0 Å². The van der Waals surface area contributed by atoms with E-state index in [4.69, 9.17) is 5.26 Å². The highest BCUT2D eigenvalue weighted by atomic mass is 16.2. The summed E-state index contributed by atoms with van der Waals surface area (Å²) in [6.07, 6.45) is 1.89. The molecule has 1 atom stereocenters. The van der Waals surface area contributed by atoms with Gasteiger partial charge in [0, 0.05) is 31.7 Å². The van der Waals surface area contributed by atoms with Crippen molar-refractivity contribution >= 4 is 11.6 Å². The molecule has 4 nitrogen and oxygen atoms in total. The number of carbonyl (C=O) groups excluding carboxylic acids is 1. The molecule has 1 heterocycles. The van der Waals surface area contributed by atoms with Gasteiger partial charge in [-0.05, 0) is 24.3 Å². The number of rotatable bonds is 3. The predicted molar refractivity (Wildman–Crippen MR) is 75.9 cm³/mol. The molecule has 20 heavy (non-hydrogen) atoms. The second kappa shape index (κ2) is 5.98. The number of hydrogen-bond acceptors (Lipinski definition) is 2. The minimum atomic E-state index is -0.299. The summed E-state index contributed by atoms with van der Waals surface area (Å²) in [5.41, 5.74) is 2.29. The number of aromatic nitrogens is 1. The Bertz CT molecular complexity index is 656. The zero-order chi connectivity index (χ0) is 14.5. The lowest BCUT2D eigenvalue weighted by Crippen LogP contribution is -2.46. The fourth-order valence-corrected chi connectivity index (χ4v) is 1.98. The molecule has 0 unspecified atom stereocenters. The molecule has 2 rings (SSSR count). The third kappa shape index (κ3) is 3.01. The SMILES string of the molecule is Cc1cccc[n+]1[C@@H](C)C(=O)Nc1ccc(C#N)cc1. The van der Waals surface area contributed by atoms with Crippen LogP contribution in [0.4, 0.5) is 5.69 Å². The van der Waals surface area contributed by atoms with Crippen LogP contribution in [0.5, 0.6) is 0 Å². The van der Waals surface area contributed by atoms with Crippen LogP contribution in [0.3, 0.4) is 0 Å². The molecule has 1 aromatic heterocycles. The van der Waals surface area contributed by atoms with E-state index in [2.05, 4.69) is 5.32 Å². The standard InChI is InChI=1S/C16H15N3O/c1-12-5-3-4-10-19(12)13(2)16(20)18-15-8-6-14(11-17)7-9-15/h3-10,13H,1-2H3/p+1/t13-/m0/s1. The summed E-state index contributed by atoms with van der Waals surface area (Å²) in [6, 6.07) is 14.4. The number of nitrogens with one attached hydrogen (secondary N) is 1. The maximum absolute atomic E-state index is 12.2. The van der Waals surface area contributed by atoms with Gasteiger partial charge in [0.25, 0.3) is 5.91 Å². The molecule has 0 aliphatic carbocycles. The molecule has 1 amide bonds. The van der Waals surface area contributed by atoms with Gasteiger partial charge in [0.05, 0.1) is 11.6 Å². The molecule has 100 valence electrons. The molecule has 0 saturated heterocycles. The van der Waals surface area contributed by atoms with Crippen molar-refractivity contribution < 1.29 is 9.36 Å². The van der Waals surface area contributed by atoms with E-state index in [1.54, 1.807) is 24.3 Å². The maximum atomic E-state index is 12.2. The molecule has 0 spiro atoms. The van der Waals surface area contributed by atoms with E-state index in [9.17, 15) is 4.79 Å². The van der Waals surface area contributed by atoms with Crippen LogP contribution in [-0.4, -0.2) is 5.91 Å². The molecule has 2 aromatic rings. The van der Waals surface area contributed by atoms with Crippen LogP contribution in [0.15, 0.2) is 48.7 Å². The van der Waals surface area contributed by atoms with Gasteiger partial charge in [0.2, 0.25) is 6.04 Å². The normalized spacial score (nSPS) is 11.4. The number of nitriles is 1. The van der Waals surface area contributed by atoms with E-state index in [1.165, 1.54) is 0 Å².